The molecule has 1 fully saturated rings. The third-order valence-corrected chi connectivity index (χ3v) is 6.62. The molecular formula is C27H23N3O6S2. The fourth-order valence-corrected chi connectivity index (χ4v) is 4.95. The molecule has 3 aromatic rings. The number of nitrogens with zero attached hydrogens (tertiary/aromatic N) is 2. The van der Waals surface area contributed by atoms with Crippen LogP contribution in [-0.4, -0.2) is 34.3 Å². The number of nitro groups is 1. The Morgan fingerprint density at radius 2 is 1.89 bits per heavy atom. The number of thiocarbonyl (C=S) groups is 1. The molecule has 194 valence electrons. The highest BCUT2D eigenvalue weighted by atomic mass is 32.2. The summed E-state index contributed by atoms with van der Waals surface area (Å²) in [7, 11) is 0. The van der Waals surface area contributed by atoms with Crippen molar-refractivity contribution >= 4 is 63.3 Å². The summed E-state index contributed by atoms with van der Waals surface area (Å²) >= 11 is 6.48. The molecule has 0 unspecified atom stereocenters. The van der Waals surface area contributed by atoms with Crippen LogP contribution < -0.4 is 19.7 Å². The lowest BCUT2D eigenvalue weighted by Crippen LogP contribution is -2.27. The third kappa shape index (κ3) is 6.36. The van der Waals surface area contributed by atoms with Crippen LogP contribution in [0.3, 0.4) is 0 Å². The van der Waals surface area contributed by atoms with E-state index in [4.69, 9.17) is 21.7 Å². The number of ether oxygens (including phenoxy) is 2. The van der Waals surface area contributed by atoms with Crippen molar-refractivity contribution in [2.75, 3.05) is 23.4 Å². The van der Waals surface area contributed by atoms with Crippen LogP contribution in [-0.2, 0) is 9.59 Å². The summed E-state index contributed by atoms with van der Waals surface area (Å²) in [4.78, 5) is 37.7. The van der Waals surface area contributed by atoms with Gasteiger partial charge >= 0.3 is 0 Å². The van der Waals surface area contributed by atoms with Gasteiger partial charge in [0.15, 0.2) is 22.4 Å². The van der Waals surface area contributed by atoms with Crippen LogP contribution in [0.15, 0.2) is 71.6 Å². The van der Waals surface area contributed by atoms with Gasteiger partial charge in [0.25, 0.3) is 17.5 Å². The second kappa shape index (κ2) is 11.9. The smallest absolute Gasteiger partial charge is 0.271 e. The molecule has 1 N–H and O–H groups in total. The van der Waals surface area contributed by atoms with Gasteiger partial charge in [-0.1, -0.05) is 48.2 Å². The maximum Gasteiger partial charge on any atom is 0.271 e. The normalized spacial score (nSPS) is 14.1. The van der Waals surface area contributed by atoms with Gasteiger partial charge in [-0.3, -0.25) is 24.6 Å². The first-order valence-electron chi connectivity index (χ1n) is 11.5. The van der Waals surface area contributed by atoms with Gasteiger partial charge in [-0.25, -0.2) is 0 Å². The van der Waals surface area contributed by atoms with Gasteiger partial charge in [0.1, 0.15) is 0 Å². The minimum atomic E-state index is -0.526. The molecule has 4 rings (SSSR count). The molecule has 0 radical (unpaired) electrons. The van der Waals surface area contributed by atoms with Crippen LogP contribution in [0.4, 0.5) is 17.1 Å². The van der Waals surface area contributed by atoms with E-state index in [1.54, 1.807) is 36.4 Å². The molecule has 2 amide bonds. The molecule has 9 nitrogen and oxygen atoms in total. The third-order valence-electron chi connectivity index (χ3n) is 5.32. The Labute approximate surface area is 228 Å². The fraction of sp³-hybridized carbons (Fsp3) is 0.148. The van der Waals surface area contributed by atoms with Crippen molar-refractivity contribution in [2.24, 2.45) is 0 Å². The summed E-state index contributed by atoms with van der Waals surface area (Å²) in [6.45, 7) is 3.92. The number of rotatable bonds is 9. The molecule has 38 heavy (non-hydrogen) atoms. The van der Waals surface area contributed by atoms with Crippen LogP contribution >= 0.6 is 24.0 Å². The number of nitrogens with one attached hydrogen (secondary N) is 1. The number of carbonyl (C=O) groups excluding carboxylic acids is 2. The molecule has 0 aromatic heterocycles. The monoisotopic (exact) mass is 549 g/mol. The molecule has 0 bridgehead atoms. The summed E-state index contributed by atoms with van der Waals surface area (Å²) in [5, 5.41) is 13.9. The summed E-state index contributed by atoms with van der Waals surface area (Å²) in [5.74, 6) is 0.102. The topological polar surface area (TPSA) is 111 Å². The van der Waals surface area contributed by atoms with E-state index in [1.165, 1.54) is 23.1 Å². The van der Waals surface area contributed by atoms with E-state index < -0.39 is 4.92 Å². The van der Waals surface area contributed by atoms with Gasteiger partial charge < -0.3 is 14.8 Å². The van der Waals surface area contributed by atoms with Crippen molar-refractivity contribution < 1.29 is 24.0 Å². The molecule has 0 atom stereocenters. The number of benzene rings is 3. The molecule has 1 heterocycles. The molecule has 3 aromatic carbocycles. The number of amides is 2. The zero-order valence-corrected chi connectivity index (χ0v) is 22.1. The molecule has 1 aliphatic rings. The Kier molecular flexibility index (Phi) is 8.39. The van der Waals surface area contributed by atoms with Crippen molar-refractivity contribution in [3.05, 3.63) is 92.9 Å². The average Bonchev–Trinajstić information content (AvgIpc) is 3.16. The Bertz CT molecular complexity index is 1460. The standard InChI is InChI=1S/C27H23N3O6S2/c1-3-35-23-13-18(10-11-22(23)36-16-25(31)28-19-7-4-6-17(2)12-19)14-24-26(32)29(27(37)38-24)20-8-5-9-21(15-20)30(33)34/h4-15H,3,16H2,1-2H3,(H,28,31)/b24-14-. The summed E-state index contributed by atoms with van der Waals surface area (Å²) in [6.07, 6.45) is 1.66. The van der Waals surface area contributed by atoms with E-state index in [2.05, 4.69) is 5.32 Å². The van der Waals surface area contributed by atoms with Crippen molar-refractivity contribution in [1.29, 1.82) is 0 Å². The maximum atomic E-state index is 13.1. The summed E-state index contributed by atoms with van der Waals surface area (Å²) < 4.78 is 11.7. The minimum absolute atomic E-state index is 0.134. The lowest BCUT2D eigenvalue weighted by atomic mass is 10.1. The number of thioether (sulfide) groups is 1. The fourth-order valence-electron chi connectivity index (χ4n) is 3.65. The van der Waals surface area contributed by atoms with Gasteiger partial charge in [0.05, 0.1) is 22.1 Å². The predicted molar refractivity (Wildman–Crippen MR) is 152 cm³/mol. The maximum absolute atomic E-state index is 13.1. The molecule has 1 aliphatic heterocycles. The molecule has 1 saturated heterocycles. The number of hydrogen-bond donors (Lipinski definition) is 1. The molecule has 11 heteroatoms. The van der Waals surface area contributed by atoms with Crippen LogP contribution in [0.25, 0.3) is 6.08 Å². The predicted octanol–water partition coefficient (Wildman–Crippen LogP) is 5.73. The highest BCUT2D eigenvalue weighted by molar-refractivity contribution is 8.27. The quantitative estimate of drug-likeness (QED) is 0.156. The SMILES string of the molecule is CCOc1cc(/C=C2\SC(=S)N(c3cccc([N+](=O)[O-])c3)C2=O)ccc1OCC(=O)Nc1cccc(C)c1. The van der Waals surface area contributed by atoms with Gasteiger partial charge in [-0.15, -0.1) is 0 Å². The first-order chi connectivity index (χ1) is 18.2. The van der Waals surface area contributed by atoms with Crippen LogP contribution in [0.2, 0.25) is 0 Å². The number of hydrogen-bond acceptors (Lipinski definition) is 8. The van der Waals surface area contributed by atoms with Gasteiger partial charge in [0, 0.05) is 17.8 Å². The lowest BCUT2D eigenvalue weighted by Gasteiger charge is -2.14. The average molecular weight is 550 g/mol. The first-order valence-corrected chi connectivity index (χ1v) is 12.8. The first kappa shape index (κ1) is 26.8. The number of nitro benzene ring substituents is 1. The Hall–Kier alpha value is -4.22. The zero-order chi connectivity index (χ0) is 27.2. The van der Waals surface area contributed by atoms with E-state index in [9.17, 15) is 19.7 Å². The van der Waals surface area contributed by atoms with Crippen LogP contribution in [0, 0.1) is 17.0 Å². The molecule has 0 spiro atoms. The summed E-state index contributed by atoms with van der Waals surface area (Å²) in [5.41, 5.74) is 2.56. The van der Waals surface area contributed by atoms with E-state index in [0.717, 1.165) is 17.3 Å². The number of carbonyl (C=O) groups is 2. The van der Waals surface area contributed by atoms with E-state index in [1.807, 2.05) is 32.0 Å². The number of anilines is 2. The Morgan fingerprint density at radius 3 is 2.63 bits per heavy atom. The summed E-state index contributed by atoms with van der Waals surface area (Å²) in [6, 6.07) is 18.3. The Morgan fingerprint density at radius 1 is 1.11 bits per heavy atom. The highest BCUT2D eigenvalue weighted by Gasteiger charge is 2.34. The largest absolute Gasteiger partial charge is 0.490 e. The highest BCUT2D eigenvalue weighted by Crippen LogP contribution is 2.38. The second-order valence-corrected chi connectivity index (χ2v) is 9.82. The van der Waals surface area contributed by atoms with Gasteiger partial charge in [-0.2, -0.15) is 0 Å². The van der Waals surface area contributed by atoms with Crippen LogP contribution in [0.5, 0.6) is 11.5 Å². The molecular weight excluding hydrogens is 526 g/mol. The lowest BCUT2D eigenvalue weighted by molar-refractivity contribution is -0.384. The van der Waals surface area contributed by atoms with Crippen LogP contribution in [0.1, 0.15) is 18.1 Å². The zero-order valence-electron chi connectivity index (χ0n) is 20.5. The van der Waals surface area contributed by atoms with E-state index in [-0.39, 0.29) is 28.4 Å². The van der Waals surface area contributed by atoms with E-state index in [0.29, 0.717) is 39.9 Å². The molecule has 0 aliphatic carbocycles. The van der Waals surface area contributed by atoms with Crippen molar-refractivity contribution in [2.45, 2.75) is 13.8 Å². The number of aryl methyl sites for hydroxylation is 1. The van der Waals surface area contributed by atoms with Crippen molar-refractivity contribution in [1.82, 2.24) is 0 Å². The number of non-ortho nitro benzene ring substituents is 1. The van der Waals surface area contributed by atoms with E-state index >= 15 is 0 Å². The van der Waals surface area contributed by atoms with Crippen molar-refractivity contribution in [3.8, 4) is 11.5 Å². The Balaban J connectivity index is 1.49. The minimum Gasteiger partial charge on any atom is -0.490 e. The van der Waals surface area contributed by atoms with Gasteiger partial charge in [-0.05, 0) is 61.4 Å². The van der Waals surface area contributed by atoms with Gasteiger partial charge in [0.2, 0.25) is 0 Å². The second-order valence-electron chi connectivity index (χ2n) is 8.14. The van der Waals surface area contributed by atoms with Crippen molar-refractivity contribution in [3.63, 3.8) is 0 Å². The molecule has 0 saturated carbocycles.